The van der Waals surface area contributed by atoms with E-state index < -0.39 is 0 Å². The van der Waals surface area contributed by atoms with Gasteiger partial charge in [-0.3, -0.25) is 0 Å². The fraction of sp³-hybridized carbons (Fsp3) is 0.400. The van der Waals surface area contributed by atoms with Gasteiger partial charge in [0.15, 0.2) is 0 Å². The second kappa shape index (κ2) is 4.84. The number of rotatable bonds is 2. The lowest BCUT2D eigenvalue weighted by atomic mass is 10.1. The van der Waals surface area contributed by atoms with Crippen molar-refractivity contribution >= 4 is 16.6 Å². The van der Waals surface area contributed by atoms with Crippen molar-refractivity contribution in [1.82, 2.24) is 4.98 Å². The van der Waals surface area contributed by atoms with E-state index in [0.29, 0.717) is 5.88 Å². The van der Waals surface area contributed by atoms with Crippen molar-refractivity contribution in [2.24, 2.45) is 0 Å². The maximum Gasteiger partial charge on any atom is 0.213 e. The molecule has 3 heteroatoms. The highest BCUT2D eigenvalue weighted by Gasteiger charge is 2.11. The van der Waals surface area contributed by atoms with Crippen LogP contribution in [0.4, 0.5) is 5.69 Å². The summed E-state index contributed by atoms with van der Waals surface area (Å²) in [7, 11) is 1.66. The van der Waals surface area contributed by atoms with Crippen molar-refractivity contribution in [2.45, 2.75) is 19.3 Å². The van der Waals surface area contributed by atoms with E-state index in [1.165, 1.54) is 24.9 Å². The predicted octanol–water partition coefficient (Wildman–Crippen LogP) is 3.23. The van der Waals surface area contributed by atoms with Crippen LogP contribution in [-0.4, -0.2) is 25.2 Å². The van der Waals surface area contributed by atoms with E-state index in [4.69, 9.17) is 4.74 Å². The van der Waals surface area contributed by atoms with Gasteiger partial charge in [-0.05, 0) is 37.5 Å². The second-order valence-electron chi connectivity index (χ2n) is 4.78. The van der Waals surface area contributed by atoms with Gasteiger partial charge >= 0.3 is 0 Å². The third-order valence-corrected chi connectivity index (χ3v) is 3.58. The monoisotopic (exact) mass is 242 g/mol. The van der Waals surface area contributed by atoms with Crippen LogP contribution in [0.25, 0.3) is 10.9 Å². The van der Waals surface area contributed by atoms with E-state index in [2.05, 4.69) is 34.1 Å². The first-order chi connectivity index (χ1) is 8.86. The summed E-state index contributed by atoms with van der Waals surface area (Å²) in [4.78, 5) is 6.95. The third-order valence-electron chi connectivity index (χ3n) is 3.58. The molecule has 94 valence electrons. The van der Waals surface area contributed by atoms with E-state index in [1.807, 2.05) is 6.07 Å². The number of hydrogen-bond acceptors (Lipinski definition) is 3. The minimum absolute atomic E-state index is 0.679. The molecule has 0 N–H and O–H groups in total. The topological polar surface area (TPSA) is 25.4 Å². The van der Waals surface area contributed by atoms with Gasteiger partial charge in [0.05, 0.1) is 12.6 Å². The first kappa shape index (κ1) is 11.3. The number of hydrogen-bond donors (Lipinski definition) is 0. The lowest BCUT2D eigenvalue weighted by Gasteiger charge is -2.28. The van der Waals surface area contributed by atoms with Gasteiger partial charge in [0.25, 0.3) is 0 Å². The zero-order valence-corrected chi connectivity index (χ0v) is 10.7. The molecule has 0 amide bonds. The Labute approximate surface area is 107 Å². The number of aromatic nitrogens is 1. The summed E-state index contributed by atoms with van der Waals surface area (Å²) < 4.78 is 5.18. The molecule has 1 fully saturated rings. The molecular formula is C15H18N2O. The van der Waals surface area contributed by atoms with Crippen LogP contribution in [0.5, 0.6) is 5.88 Å². The average molecular weight is 242 g/mol. The van der Waals surface area contributed by atoms with Gasteiger partial charge in [0.2, 0.25) is 5.88 Å². The highest BCUT2D eigenvalue weighted by Crippen LogP contribution is 2.25. The zero-order valence-electron chi connectivity index (χ0n) is 10.7. The van der Waals surface area contributed by atoms with Crippen LogP contribution in [0.1, 0.15) is 19.3 Å². The Balaban J connectivity index is 1.97. The number of fused-ring (bicyclic) bond motifs is 1. The number of nitrogens with zero attached hydrogens (tertiary/aromatic N) is 2. The molecule has 2 heterocycles. The summed E-state index contributed by atoms with van der Waals surface area (Å²) in [6.45, 7) is 2.32. The van der Waals surface area contributed by atoms with Gasteiger partial charge in [0, 0.05) is 30.2 Å². The van der Waals surface area contributed by atoms with Crippen LogP contribution in [-0.2, 0) is 0 Å². The Morgan fingerprint density at radius 1 is 1.06 bits per heavy atom. The fourth-order valence-corrected chi connectivity index (χ4v) is 2.55. The van der Waals surface area contributed by atoms with Crippen LogP contribution in [0.2, 0.25) is 0 Å². The van der Waals surface area contributed by atoms with E-state index in [0.717, 1.165) is 24.0 Å². The molecule has 0 bridgehead atoms. The van der Waals surface area contributed by atoms with E-state index in [1.54, 1.807) is 7.11 Å². The minimum atomic E-state index is 0.679. The summed E-state index contributed by atoms with van der Waals surface area (Å²) >= 11 is 0. The summed E-state index contributed by atoms with van der Waals surface area (Å²) in [6.07, 6.45) is 3.95. The van der Waals surface area contributed by atoms with Crippen LogP contribution in [0.15, 0.2) is 30.3 Å². The molecule has 0 aliphatic carbocycles. The Bertz CT molecular complexity index is 547. The molecule has 0 radical (unpaired) electrons. The number of methoxy groups -OCH3 is 1. The van der Waals surface area contributed by atoms with Crippen molar-refractivity contribution < 1.29 is 4.74 Å². The molecule has 1 aromatic heterocycles. The van der Waals surface area contributed by atoms with Gasteiger partial charge in [0.1, 0.15) is 0 Å². The molecule has 18 heavy (non-hydrogen) atoms. The maximum absolute atomic E-state index is 5.18. The fourth-order valence-electron chi connectivity index (χ4n) is 2.55. The molecule has 0 atom stereocenters. The molecule has 1 aromatic carbocycles. The van der Waals surface area contributed by atoms with Crippen molar-refractivity contribution in [3.63, 3.8) is 0 Å². The highest BCUT2D eigenvalue weighted by molar-refractivity contribution is 5.82. The molecule has 0 unspecified atom stereocenters. The number of piperidine rings is 1. The highest BCUT2D eigenvalue weighted by atomic mass is 16.5. The standard InChI is InChI=1S/C15H18N2O/c1-18-15-8-6-12-5-7-13(11-14(12)16-15)17-9-3-2-4-10-17/h5-8,11H,2-4,9-10H2,1H3. The van der Waals surface area contributed by atoms with Gasteiger partial charge in [-0.2, -0.15) is 0 Å². The van der Waals surface area contributed by atoms with Crippen LogP contribution >= 0.6 is 0 Å². The van der Waals surface area contributed by atoms with Crippen molar-refractivity contribution in [3.05, 3.63) is 30.3 Å². The van der Waals surface area contributed by atoms with Gasteiger partial charge in [-0.25, -0.2) is 4.98 Å². The predicted molar refractivity (Wildman–Crippen MR) is 74.4 cm³/mol. The molecule has 1 aliphatic heterocycles. The van der Waals surface area contributed by atoms with Crippen molar-refractivity contribution in [2.75, 3.05) is 25.1 Å². The number of ether oxygens (including phenoxy) is 1. The van der Waals surface area contributed by atoms with Gasteiger partial charge in [-0.15, -0.1) is 0 Å². The summed E-state index contributed by atoms with van der Waals surface area (Å²) in [5.74, 6) is 0.679. The molecule has 0 spiro atoms. The Hall–Kier alpha value is -1.77. The third kappa shape index (κ3) is 2.13. The Kier molecular flexibility index (Phi) is 3.05. The van der Waals surface area contributed by atoms with E-state index in [-0.39, 0.29) is 0 Å². The van der Waals surface area contributed by atoms with Gasteiger partial charge in [-0.1, -0.05) is 6.07 Å². The Morgan fingerprint density at radius 3 is 2.61 bits per heavy atom. The number of pyridine rings is 1. The van der Waals surface area contributed by atoms with E-state index >= 15 is 0 Å². The first-order valence-electron chi connectivity index (χ1n) is 6.56. The number of benzene rings is 1. The van der Waals surface area contributed by atoms with Crippen molar-refractivity contribution in [3.8, 4) is 5.88 Å². The largest absolute Gasteiger partial charge is 0.481 e. The SMILES string of the molecule is COc1ccc2ccc(N3CCCCC3)cc2n1. The maximum atomic E-state index is 5.18. The van der Waals surface area contributed by atoms with E-state index in [9.17, 15) is 0 Å². The summed E-state index contributed by atoms with van der Waals surface area (Å²) in [6, 6.07) is 10.5. The van der Waals surface area contributed by atoms with Crippen LogP contribution in [0, 0.1) is 0 Å². The normalized spacial score (nSPS) is 15.9. The van der Waals surface area contributed by atoms with Crippen LogP contribution in [0.3, 0.4) is 0 Å². The lowest BCUT2D eigenvalue weighted by Crippen LogP contribution is -2.29. The quantitative estimate of drug-likeness (QED) is 0.808. The van der Waals surface area contributed by atoms with Crippen LogP contribution < -0.4 is 9.64 Å². The lowest BCUT2D eigenvalue weighted by molar-refractivity contribution is 0.399. The molecule has 1 saturated heterocycles. The van der Waals surface area contributed by atoms with Gasteiger partial charge < -0.3 is 9.64 Å². The smallest absolute Gasteiger partial charge is 0.213 e. The van der Waals surface area contributed by atoms with Crippen molar-refractivity contribution in [1.29, 1.82) is 0 Å². The average Bonchev–Trinajstić information content (AvgIpc) is 2.47. The Morgan fingerprint density at radius 2 is 1.83 bits per heavy atom. The molecule has 3 nitrogen and oxygen atoms in total. The second-order valence-corrected chi connectivity index (χ2v) is 4.78. The molecule has 3 rings (SSSR count). The molecule has 1 aliphatic rings. The zero-order chi connectivity index (χ0) is 12.4. The molecular weight excluding hydrogens is 224 g/mol. The summed E-state index contributed by atoms with van der Waals surface area (Å²) in [5.41, 5.74) is 2.29. The number of anilines is 1. The summed E-state index contributed by atoms with van der Waals surface area (Å²) in [5, 5.41) is 1.16. The molecule has 2 aromatic rings. The first-order valence-corrected chi connectivity index (χ1v) is 6.56. The molecule has 0 saturated carbocycles. The minimum Gasteiger partial charge on any atom is -0.481 e.